The Morgan fingerprint density at radius 2 is 2.05 bits per heavy atom. The highest BCUT2D eigenvalue weighted by Gasteiger charge is 2.17. The first kappa shape index (κ1) is 15.6. The van der Waals surface area contributed by atoms with Crippen LogP contribution in [-0.4, -0.2) is 22.2 Å². The number of carboxylic acid groups (broad SMARTS) is 1. The van der Waals surface area contributed by atoms with E-state index in [0.717, 1.165) is 36.9 Å². The summed E-state index contributed by atoms with van der Waals surface area (Å²) in [5.41, 5.74) is 10.5. The van der Waals surface area contributed by atoms with Gasteiger partial charge in [-0.15, -0.1) is 0 Å². The van der Waals surface area contributed by atoms with Crippen molar-refractivity contribution >= 4 is 16.9 Å². The number of aromatic nitrogens is 1. The summed E-state index contributed by atoms with van der Waals surface area (Å²) < 4.78 is 2.16. The maximum absolute atomic E-state index is 11.4. The molecule has 1 heterocycles. The topological polar surface area (TPSA) is 68.2 Å². The summed E-state index contributed by atoms with van der Waals surface area (Å²) in [5, 5.41) is 10.5. The number of rotatable bonds is 6. The fraction of sp³-hybridized carbons (Fsp3) is 0.471. The molecule has 1 aromatic heterocycles. The number of carboxylic acids is 1. The van der Waals surface area contributed by atoms with Gasteiger partial charge in [-0.3, -0.25) is 0 Å². The molecule has 4 nitrogen and oxygen atoms in total. The Hall–Kier alpha value is -1.81. The van der Waals surface area contributed by atoms with Crippen molar-refractivity contribution in [1.29, 1.82) is 0 Å². The third kappa shape index (κ3) is 2.81. The molecule has 0 amide bonds. The van der Waals surface area contributed by atoms with Gasteiger partial charge in [0.25, 0.3) is 0 Å². The molecule has 2 rings (SSSR count). The van der Waals surface area contributed by atoms with Crippen LogP contribution >= 0.6 is 0 Å². The molecule has 0 aliphatic heterocycles. The summed E-state index contributed by atoms with van der Waals surface area (Å²) in [4.78, 5) is 11.4. The van der Waals surface area contributed by atoms with Crippen LogP contribution in [-0.2, 0) is 13.0 Å². The molecule has 0 fully saturated rings. The Morgan fingerprint density at radius 1 is 1.33 bits per heavy atom. The van der Waals surface area contributed by atoms with Gasteiger partial charge in [-0.1, -0.05) is 13.3 Å². The zero-order valence-electron chi connectivity index (χ0n) is 13.1. The maximum atomic E-state index is 11.4. The van der Waals surface area contributed by atoms with E-state index in [0.29, 0.717) is 12.1 Å². The van der Waals surface area contributed by atoms with Crippen LogP contribution in [0.4, 0.5) is 0 Å². The van der Waals surface area contributed by atoms with Crippen LogP contribution < -0.4 is 5.73 Å². The predicted octanol–water partition coefficient (Wildman–Crippen LogP) is 3.26. The summed E-state index contributed by atoms with van der Waals surface area (Å²) in [5.74, 6) is -0.873. The number of hydrogen-bond donors (Lipinski definition) is 2. The summed E-state index contributed by atoms with van der Waals surface area (Å²) in [6.07, 6.45) is 3.32. The van der Waals surface area contributed by atoms with E-state index in [9.17, 15) is 9.90 Å². The number of aromatic carboxylic acids is 1. The highest BCUT2D eigenvalue weighted by atomic mass is 16.4. The monoisotopic (exact) mass is 288 g/mol. The third-order valence-corrected chi connectivity index (χ3v) is 4.16. The van der Waals surface area contributed by atoms with Crippen LogP contribution in [0.1, 0.15) is 46.9 Å². The van der Waals surface area contributed by atoms with Gasteiger partial charge in [0.1, 0.15) is 0 Å². The van der Waals surface area contributed by atoms with Gasteiger partial charge in [-0.25, -0.2) is 4.79 Å². The first-order valence-electron chi connectivity index (χ1n) is 7.56. The maximum Gasteiger partial charge on any atom is 0.336 e. The minimum atomic E-state index is -0.873. The fourth-order valence-electron chi connectivity index (χ4n) is 3.02. The second-order valence-electron chi connectivity index (χ2n) is 5.60. The molecule has 2 aromatic rings. The Labute approximate surface area is 125 Å². The van der Waals surface area contributed by atoms with Gasteiger partial charge in [0, 0.05) is 29.7 Å². The molecule has 0 bridgehead atoms. The average molecular weight is 288 g/mol. The molecule has 4 heteroatoms. The van der Waals surface area contributed by atoms with E-state index in [2.05, 4.69) is 18.4 Å². The van der Waals surface area contributed by atoms with Gasteiger partial charge >= 0.3 is 5.97 Å². The molecule has 0 saturated heterocycles. The molecule has 0 aliphatic carbocycles. The summed E-state index contributed by atoms with van der Waals surface area (Å²) in [6, 6.07) is 3.81. The number of hydrogen-bond acceptors (Lipinski definition) is 2. The number of nitrogens with two attached hydrogens (primary N) is 1. The quantitative estimate of drug-likeness (QED) is 0.857. The van der Waals surface area contributed by atoms with Gasteiger partial charge < -0.3 is 15.4 Å². The fourth-order valence-corrected chi connectivity index (χ4v) is 3.02. The average Bonchev–Trinajstić information content (AvgIpc) is 2.68. The lowest BCUT2D eigenvalue weighted by molar-refractivity contribution is 0.0696. The van der Waals surface area contributed by atoms with E-state index >= 15 is 0 Å². The van der Waals surface area contributed by atoms with Crippen molar-refractivity contribution in [3.63, 3.8) is 0 Å². The lowest BCUT2D eigenvalue weighted by Gasteiger charge is -2.07. The molecule has 0 saturated carbocycles. The van der Waals surface area contributed by atoms with Crippen molar-refractivity contribution in [3.05, 3.63) is 34.5 Å². The van der Waals surface area contributed by atoms with Crippen LogP contribution in [0.5, 0.6) is 0 Å². The summed E-state index contributed by atoms with van der Waals surface area (Å²) in [6.45, 7) is 7.42. The highest BCUT2D eigenvalue weighted by molar-refractivity contribution is 5.97. The van der Waals surface area contributed by atoms with Crippen molar-refractivity contribution in [2.45, 2.75) is 46.6 Å². The number of unbranched alkanes of at least 4 members (excludes halogenated alkanes) is 1. The third-order valence-electron chi connectivity index (χ3n) is 4.16. The van der Waals surface area contributed by atoms with Crippen molar-refractivity contribution < 1.29 is 9.90 Å². The molecule has 0 radical (unpaired) electrons. The molecule has 114 valence electrons. The Morgan fingerprint density at radius 3 is 2.62 bits per heavy atom. The molecule has 0 aliphatic rings. The summed E-state index contributed by atoms with van der Waals surface area (Å²) in [7, 11) is 0. The van der Waals surface area contributed by atoms with Gasteiger partial charge in [0.05, 0.1) is 5.56 Å². The second kappa shape index (κ2) is 6.31. The SMILES string of the molecule is CCCCc1c(C)n(CCN)c2cc(C(=O)O)c(C)cc12. The minimum Gasteiger partial charge on any atom is -0.478 e. The van der Waals surface area contributed by atoms with E-state index in [1.807, 2.05) is 13.0 Å². The number of nitrogens with zero attached hydrogens (tertiary/aromatic N) is 1. The zero-order valence-corrected chi connectivity index (χ0v) is 13.1. The molecule has 0 unspecified atom stereocenters. The van der Waals surface area contributed by atoms with Gasteiger partial charge in [-0.2, -0.15) is 0 Å². The van der Waals surface area contributed by atoms with Crippen LogP contribution in [0, 0.1) is 13.8 Å². The van der Waals surface area contributed by atoms with E-state index in [1.165, 1.54) is 16.6 Å². The number of carbonyl (C=O) groups is 1. The van der Waals surface area contributed by atoms with E-state index in [4.69, 9.17) is 5.73 Å². The van der Waals surface area contributed by atoms with E-state index < -0.39 is 5.97 Å². The lowest BCUT2D eigenvalue weighted by Crippen LogP contribution is -2.11. The second-order valence-corrected chi connectivity index (χ2v) is 5.60. The van der Waals surface area contributed by atoms with Crippen molar-refractivity contribution in [3.8, 4) is 0 Å². The zero-order chi connectivity index (χ0) is 15.6. The molecule has 1 aromatic carbocycles. The smallest absolute Gasteiger partial charge is 0.336 e. The van der Waals surface area contributed by atoms with E-state index in [-0.39, 0.29) is 0 Å². The van der Waals surface area contributed by atoms with Crippen LogP contribution in [0.25, 0.3) is 10.9 Å². The van der Waals surface area contributed by atoms with Gasteiger partial charge in [-0.05, 0) is 49.9 Å². The lowest BCUT2D eigenvalue weighted by atomic mass is 10.0. The van der Waals surface area contributed by atoms with Gasteiger partial charge in [0.2, 0.25) is 0 Å². The van der Waals surface area contributed by atoms with Crippen molar-refractivity contribution in [2.24, 2.45) is 5.73 Å². The van der Waals surface area contributed by atoms with E-state index in [1.54, 1.807) is 6.07 Å². The molecule has 0 spiro atoms. The van der Waals surface area contributed by atoms with Crippen LogP contribution in [0.2, 0.25) is 0 Å². The molecule has 21 heavy (non-hydrogen) atoms. The standard InChI is InChI=1S/C17H24N2O2/c1-4-5-6-13-12(3)19(8-7-18)16-10-14(17(20)21)11(2)9-15(13)16/h9-10H,4-8,18H2,1-3H3,(H,20,21). The molecular formula is C17H24N2O2. The summed E-state index contributed by atoms with van der Waals surface area (Å²) >= 11 is 0. The van der Waals surface area contributed by atoms with Crippen LogP contribution in [0.3, 0.4) is 0 Å². The largest absolute Gasteiger partial charge is 0.478 e. The number of fused-ring (bicyclic) bond motifs is 1. The van der Waals surface area contributed by atoms with Crippen molar-refractivity contribution in [2.75, 3.05) is 6.54 Å². The highest BCUT2D eigenvalue weighted by Crippen LogP contribution is 2.30. The molecular weight excluding hydrogens is 264 g/mol. The van der Waals surface area contributed by atoms with Gasteiger partial charge in [0.15, 0.2) is 0 Å². The number of aryl methyl sites for hydroxylation is 2. The van der Waals surface area contributed by atoms with Crippen LogP contribution in [0.15, 0.2) is 12.1 Å². The Balaban J connectivity index is 2.71. The first-order valence-corrected chi connectivity index (χ1v) is 7.56. The molecule has 0 atom stereocenters. The first-order chi connectivity index (χ1) is 10.0. The minimum absolute atomic E-state index is 0.375. The van der Waals surface area contributed by atoms with Crippen molar-refractivity contribution in [1.82, 2.24) is 4.57 Å². The predicted molar refractivity (Wildman–Crippen MR) is 86.0 cm³/mol. The normalized spacial score (nSPS) is 11.2. The number of benzene rings is 1. The molecule has 3 N–H and O–H groups in total. The Kier molecular flexibility index (Phi) is 4.68. The Bertz CT molecular complexity index is 671.